The summed E-state index contributed by atoms with van der Waals surface area (Å²) in [7, 11) is 1.53. The number of carbonyl (C=O) groups excluding carboxylic acids is 2. The lowest BCUT2D eigenvalue weighted by Gasteiger charge is -2.29. The number of ketones is 1. The van der Waals surface area contributed by atoms with Crippen molar-refractivity contribution < 1.29 is 19.1 Å². The summed E-state index contributed by atoms with van der Waals surface area (Å²) in [6, 6.07) is 18.3. The summed E-state index contributed by atoms with van der Waals surface area (Å²) in [4.78, 5) is 25.6. The molecule has 34 heavy (non-hydrogen) atoms. The van der Waals surface area contributed by atoms with Crippen molar-refractivity contribution >= 4 is 35.0 Å². The van der Waals surface area contributed by atoms with E-state index in [2.05, 4.69) is 10.6 Å². The third kappa shape index (κ3) is 5.03. The van der Waals surface area contributed by atoms with Crippen LogP contribution in [0.1, 0.15) is 34.5 Å². The Balaban J connectivity index is 1.65. The molecule has 8 heteroatoms. The monoisotopic (exact) mass is 496 g/mol. The molecule has 0 saturated heterocycles. The van der Waals surface area contributed by atoms with Gasteiger partial charge in [0, 0.05) is 32.4 Å². The van der Waals surface area contributed by atoms with Crippen LogP contribution in [0.25, 0.3) is 0 Å². The van der Waals surface area contributed by atoms with Gasteiger partial charge < -0.3 is 20.1 Å². The molecular weight excluding hydrogens is 475 g/mol. The molecule has 0 aliphatic carbocycles. The van der Waals surface area contributed by atoms with Gasteiger partial charge in [-0.1, -0.05) is 47.5 Å². The number of rotatable bonds is 7. The number of amides is 2. The number of Topliss-reactive ketones (excluding diaryl/α,β-unsaturated/α-hetero) is 1. The first-order chi connectivity index (χ1) is 16.4. The van der Waals surface area contributed by atoms with Gasteiger partial charge in [-0.25, -0.2) is 4.79 Å². The predicted molar refractivity (Wildman–Crippen MR) is 132 cm³/mol. The molecule has 2 amide bonds. The Labute approximate surface area is 207 Å². The van der Waals surface area contributed by atoms with Crippen molar-refractivity contribution in [2.75, 3.05) is 7.11 Å². The molecule has 4 rings (SSSR count). The van der Waals surface area contributed by atoms with Crippen LogP contribution in [0.3, 0.4) is 0 Å². The highest BCUT2D eigenvalue weighted by Crippen LogP contribution is 2.36. The summed E-state index contributed by atoms with van der Waals surface area (Å²) in [5.74, 6) is 0.760. The normalized spacial score (nSPS) is 15.4. The first-order valence-corrected chi connectivity index (χ1v) is 11.3. The molecule has 2 N–H and O–H groups in total. The maximum absolute atomic E-state index is 13.4. The Morgan fingerprint density at radius 2 is 1.74 bits per heavy atom. The minimum atomic E-state index is -0.677. The molecule has 0 bridgehead atoms. The molecule has 174 valence electrons. The van der Waals surface area contributed by atoms with Gasteiger partial charge in [-0.15, -0.1) is 0 Å². The molecule has 0 unspecified atom stereocenters. The maximum Gasteiger partial charge on any atom is 0.319 e. The zero-order chi connectivity index (χ0) is 24.2. The van der Waals surface area contributed by atoms with Crippen molar-refractivity contribution in [3.05, 3.63) is 105 Å². The van der Waals surface area contributed by atoms with Crippen LogP contribution in [0, 0.1) is 0 Å². The number of ether oxygens (including phenoxy) is 2. The summed E-state index contributed by atoms with van der Waals surface area (Å²) in [5, 5.41) is 6.68. The first-order valence-electron chi connectivity index (χ1n) is 10.5. The van der Waals surface area contributed by atoms with Crippen LogP contribution in [0.15, 0.2) is 78.0 Å². The number of benzene rings is 3. The van der Waals surface area contributed by atoms with Gasteiger partial charge in [-0.2, -0.15) is 0 Å². The molecule has 3 aromatic carbocycles. The summed E-state index contributed by atoms with van der Waals surface area (Å²) in [5.41, 5.74) is 2.89. The van der Waals surface area contributed by atoms with Crippen LogP contribution in [-0.4, -0.2) is 18.9 Å². The van der Waals surface area contributed by atoms with Crippen molar-refractivity contribution in [2.24, 2.45) is 0 Å². The van der Waals surface area contributed by atoms with Crippen molar-refractivity contribution in [1.29, 1.82) is 0 Å². The van der Waals surface area contributed by atoms with Gasteiger partial charge >= 0.3 is 6.03 Å². The molecular formula is C26H22Cl2N2O4. The van der Waals surface area contributed by atoms with E-state index in [1.54, 1.807) is 55.5 Å². The Bertz CT molecular complexity index is 1270. The fourth-order valence-corrected chi connectivity index (χ4v) is 4.07. The quantitative estimate of drug-likeness (QED) is 0.388. The second kappa shape index (κ2) is 10.2. The molecule has 0 fully saturated rings. The van der Waals surface area contributed by atoms with E-state index >= 15 is 0 Å². The highest BCUT2D eigenvalue weighted by molar-refractivity contribution is 6.31. The molecule has 0 aromatic heterocycles. The number of nitrogens with one attached hydrogen (secondary N) is 2. The Hall–Kier alpha value is -3.48. The van der Waals surface area contributed by atoms with Crippen molar-refractivity contribution in [2.45, 2.75) is 19.6 Å². The Kier molecular flexibility index (Phi) is 7.10. The first kappa shape index (κ1) is 23.7. The van der Waals surface area contributed by atoms with E-state index in [0.717, 1.165) is 5.56 Å². The Morgan fingerprint density at radius 1 is 1.00 bits per heavy atom. The molecule has 6 nitrogen and oxygen atoms in total. The molecule has 1 aliphatic rings. The van der Waals surface area contributed by atoms with E-state index in [1.165, 1.54) is 7.11 Å². The van der Waals surface area contributed by atoms with E-state index in [4.69, 9.17) is 32.7 Å². The number of hydrogen-bond donors (Lipinski definition) is 2. The summed E-state index contributed by atoms with van der Waals surface area (Å²) in [6.07, 6.45) is 0. The standard InChI is InChI=1S/C26H22Cl2N2O4/c1-15-23(25(31)16-7-10-19(27)11-8-16)24(30-26(32)29-15)17-9-12-21(22(13-17)33-2)34-14-18-5-3-4-6-20(18)28/h3-13,24H,14H2,1-2H3,(H2,29,30,32)/t24-/m1/s1. The molecule has 0 radical (unpaired) electrons. The molecule has 1 heterocycles. The van der Waals surface area contributed by atoms with Gasteiger partial charge in [0.15, 0.2) is 17.3 Å². The highest BCUT2D eigenvalue weighted by atomic mass is 35.5. The van der Waals surface area contributed by atoms with Crippen LogP contribution in [0.2, 0.25) is 10.0 Å². The summed E-state index contributed by atoms with van der Waals surface area (Å²) >= 11 is 12.2. The lowest BCUT2D eigenvalue weighted by molar-refractivity contribution is 0.102. The van der Waals surface area contributed by atoms with Crippen LogP contribution in [0.5, 0.6) is 11.5 Å². The van der Waals surface area contributed by atoms with Crippen LogP contribution >= 0.6 is 23.2 Å². The van der Waals surface area contributed by atoms with E-state index < -0.39 is 12.1 Å². The van der Waals surface area contributed by atoms with Crippen LogP contribution in [0.4, 0.5) is 4.79 Å². The minimum absolute atomic E-state index is 0.218. The lowest BCUT2D eigenvalue weighted by atomic mass is 9.89. The van der Waals surface area contributed by atoms with Crippen molar-refractivity contribution in [3.63, 3.8) is 0 Å². The van der Waals surface area contributed by atoms with Gasteiger partial charge in [0.25, 0.3) is 0 Å². The highest BCUT2D eigenvalue weighted by Gasteiger charge is 2.32. The molecule has 1 aliphatic heterocycles. The fourth-order valence-electron chi connectivity index (χ4n) is 3.76. The number of carbonyl (C=O) groups is 2. The van der Waals surface area contributed by atoms with Gasteiger partial charge in [0.05, 0.1) is 13.2 Å². The average Bonchev–Trinajstić information content (AvgIpc) is 2.83. The van der Waals surface area contributed by atoms with Crippen LogP contribution < -0.4 is 20.1 Å². The minimum Gasteiger partial charge on any atom is -0.493 e. The smallest absolute Gasteiger partial charge is 0.319 e. The van der Waals surface area contributed by atoms with Crippen molar-refractivity contribution in [1.82, 2.24) is 10.6 Å². The SMILES string of the molecule is COc1cc([C@H]2NC(=O)NC(C)=C2C(=O)c2ccc(Cl)cc2)ccc1OCc1ccccc1Cl. The van der Waals surface area contributed by atoms with Crippen LogP contribution in [-0.2, 0) is 6.61 Å². The average molecular weight is 497 g/mol. The second-order valence-electron chi connectivity index (χ2n) is 7.70. The van der Waals surface area contributed by atoms with Gasteiger partial charge in [-0.05, 0) is 55.0 Å². The van der Waals surface area contributed by atoms with E-state index in [-0.39, 0.29) is 12.4 Å². The second-order valence-corrected chi connectivity index (χ2v) is 8.54. The predicted octanol–water partition coefficient (Wildman–Crippen LogP) is 6.09. The third-order valence-corrected chi connectivity index (χ3v) is 6.10. The van der Waals surface area contributed by atoms with Gasteiger partial charge in [0.1, 0.15) is 6.61 Å². The molecule has 1 atom stereocenters. The molecule has 3 aromatic rings. The number of methoxy groups -OCH3 is 1. The number of allylic oxidation sites excluding steroid dienone is 1. The largest absolute Gasteiger partial charge is 0.493 e. The van der Waals surface area contributed by atoms with E-state index in [9.17, 15) is 9.59 Å². The summed E-state index contributed by atoms with van der Waals surface area (Å²) in [6.45, 7) is 1.96. The van der Waals surface area contributed by atoms with E-state index in [0.29, 0.717) is 43.9 Å². The maximum atomic E-state index is 13.4. The Morgan fingerprint density at radius 3 is 2.44 bits per heavy atom. The topological polar surface area (TPSA) is 76.7 Å². The van der Waals surface area contributed by atoms with Crippen molar-refractivity contribution in [3.8, 4) is 11.5 Å². The summed E-state index contributed by atoms with van der Waals surface area (Å²) < 4.78 is 11.5. The number of halogens is 2. The molecule has 0 saturated carbocycles. The van der Waals surface area contributed by atoms with Gasteiger partial charge in [0.2, 0.25) is 0 Å². The fraction of sp³-hybridized carbons (Fsp3) is 0.154. The van der Waals surface area contributed by atoms with Gasteiger partial charge in [-0.3, -0.25) is 4.79 Å². The van der Waals surface area contributed by atoms with E-state index in [1.807, 2.05) is 18.2 Å². The lowest BCUT2D eigenvalue weighted by Crippen LogP contribution is -2.45. The zero-order valence-electron chi connectivity index (χ0n) is 18.5. The number of hydrogen-bond acceptors (Lipinski definition) is 4. The zero-order valence-corrected chi connectivity index (χ0v) is 20.0. The third-order valence-electron chi connectivity index (χ3n) is 5.48. The molecule has 0 spiro atoms. The number of urea groups is 1.